The van der Waals surface area contributed by atoms with Crippen molar-refractivity contribution in [1.82, 2.24) is 0 Å². The Morgan fingerprint density at radius 1 is 1.07 bits per heavy atom. The summed E-state index contributed by atoms with van der Waals surface area (Å²) in [5.74, 6) is -0.493. The summed E-state index contributed by atoms with van der Waals surface area (Å²) in [7, 11) is 0. The van der Waals surface area contributed by atoms with Crippen LogP contribution in [0.1, 0.15) is 42.7 Å². The molecule has 0 saturated carbocycles. The van der Waals surface area contributed by atoms with E-state index in [0.717, 1.165) is 16.9 Å². The molecule has 0 radical (unpaired) electrons. The number of nitro groups is 1. The minimum Gasteiger partial charge on any atom is -0.294 e. The van der Waals surface area contributed by atoms with Gasteiger partial charge in [-0.3, -0.25) is 24.6 Å². The largest absolute Gasteiger partial charge is 0.294 e. The number of amides is 1. The van der Waals surface area contributed by atoms with Gasteiger partial charge >= 0.3 is 0 Å². The van der Waals surface area contributed by atoms with E-state index in [4.69, 9.17) is 0 Å². The summed E-state index contributed by atoms with van der Waals surface area (Å²) in [6.45, 7) is 1.98. The van der Waals surface area contributed by atoms with Gasteiger partial charge in [-0.1, -0.05) is 29.8 Å². The van der Waals surface area contributed by atoms with Crippen molar-refractivity contribution in [1.29, 1.82) is 0 Å². The molecule has 1 atom stereocenters. The molecule has 1 unspecified atom stereocenters. The van der Waals surface area contributed by atoms with E-state index in [0.29, 0.717) is 30.4 Å². The molecule has 2 aromatic carbocycles. The number of benzene rings is 2. The molecule has 0 saturated heterocycles. The van der Waals surface area contributed by atoms with Crippen molar-refractivity contribution in [3.8, 4) is 0 Å². The van der Waals surface area contributed by atoms with E-state index in [1.165, 1.54) is 12.1 Å². The molecule has 0 fully saturated rings. The Morgan fingerprint density at radius 2 is 1.82 bits per heavy atom. The zero-order chi connectivity index (χ0) is 19.8. The maximum atomic E-state index is 13.1. The second kappa shape index (κ2) is 7.03. The average molecular weight is 376 g/mol. The lowest BCUT2D eigenvalue weighted by molar-refractivity contribution is -0.384. The van der Waals surface area contributed by atoms with Crippen LogP contribution < -0.4 is 4.90 Å². The van der Waals surface area contributed by atoms with E-state index in [9.17, 15) is 19.7 Å². The predicted octanol–water partition coefficient (Wildman–Crippen LogP) is 4.43. The Labute approximate surface area is 162 Å². The number of rotatable bonds is 3. The van der Waals surface area contributed by atoms with Gasteiger partial charge in [0.25, 0.3) is 5.69 Å². The summed E-state index contributed by atoms with van der Waals surface area (Å²) in [4.78, 5) is 38.3. The Kier molecular flexibility index (Phi) is 4.55. The number of anilines is 1. The zero-order valence-corrected chi connectivity index (χ0v) is 15.6. The number of allylic oxidation sites excluding steroid dienone is 2. The Balaban J connectivity index is 1.84. The molecule has 1 aliphatic carbocycles. The number of hydrogen-bond acceptors (Lipinski definition) is 4. The highest BCUT2D eigenvalue weighted by Gasteiger charge is 2.39. The van der Waals surface area contributed by atoms with Crippen LogP contribution in [0.5, 0.6) is 0 Å². The zero-order valence-electron chi connectivity index (χ0n) is 15.6. The fourth-order valence-corrected chi connectivity index (χ4v) is 4.13. The van der Waals surface area contributed by atoms with Gasteiger partial charge in [-0.2, -0.15) is 0 Å². The lowest BCUT2D eigenvalue weighted by Gasteiger charge is -2.38. The van der Waals surface area contributed by atoms with Crippen molar-refractivity contribution in [3.05, 3.63) is 81.0 Å². The topological polar surface area (TPSA) is 80.5 Å². The minimum absolute atomic E-state index is 0.0300. The number of nitro benzene ring substituents is 1. The third kappa shape index (κ3) is 3.11. The molecule has 6 nitrogen and oxygen atoms in total. The van der Waals surface area contributed by atoms with E-state index >= 15 is 0 Å². The summed E-state index contributed by atoms with van der Waals surface area (Å²) >= 11 is 0. The molecule has 0 N–H and O–H groups in total. The first-order valence-electron chi connectivity index (χ1n) is 9.36. The summed E-state index contributed by atoms with van der Waals surface area (Å²) in [5, 5.41) is 11.2. The van der Waals surface area contributed by atoms with Gasteiger partial charge in [0.1, 0.15) is 0 Å². The van der Waals surface area contributed by atoms with E-state index in [2.05, 4.69) is 0 Å². The highest BCUT2D eigenvalue weighted by molar-refractivity contribution is 6.07. The summed E-state index contributed by atoms with van der Waals surface area (Å²) < 4.78 is 0. The maximum absolute atomic E-state index is 13.1. The number of carbonyl (C=O) groups is 2. The van der Waals surface area contributed by atoms with Crippen molar-refractivity contribution < 1.29 is 14.5 Å². The maximum Gasteiger partial charge on any atom is 0.269 e. The first kappa shape index (κ1) is 18.1. The number of hydrogen-bond donors (Lipinski definition) is 0. The Hall–Kier alpha value is -3.28. The monoisotopic (exact) mass is 376 g/mol. The van der Waals surface area contributed by atoms with Gasteiger partial charge in [0.05, 0.1) is 4.92 Å². The molecular weight excluding hydrogens is 356 g/mol. The number of non-ortho nitro benzene ring substituents is 1. The lowest BCUT2D eigenvalue weighted by Crippen LogP contribution is -2.40. The Morgan fingerprint density at radius 3 is 2.54 bits per heavy atom. The van der Waals surface area contributed by atoms with Crippen LogP contribution in [-0.2, 0) is 9.59 Å². The molecule has 4 rings (SSSR count). The fraction of sp³-hybridized carbons (Fsp3) is 0.273. The van der Waals surface area contributed by atoms with E-state index in [1.54, 1.807) is 17.0 Å². The highest BCUT2D eigenvalue weighted by atomic mass is 16.6. The normalized spacial score (nSPS) is 19.6. The van der Waals surface area contributed by atoms with Gasteiger partial charge in [-0.15, -0.1) is 0 Å². The second-order valence-electron chi connectivity index (χ2n) is 7.31. The SMILES string of the molecule is Cc1ccc(N2C(=O)CC(c3cccc([N+](=O)[O-])c3)C3=C2CCCC3=O)cc1. The molecule has 142 valence electrons. The third-order valence-corrected chi connectivity index (χ3v) is 5.45. The van der Waals surface area contributed by atoms with Crippen molar-refractivity contribution in [2.24, 2.45) is 0 Å². The summed E-state index contributed by atoms with van der Waals surface area (Å²) in [6.07, 6.45) is 1.92. The van der Waals surface area contributed by atoms with Gasteiger partial charge in [0.15, 0.2) is 5.78 Å². The second-order valence-corrected chi connectivity index (χ2v) is 7.31. The van der Waals surface area contributed by atoms with Crippen LogP contribution in [0.3, 0.4) is 0 Å². The van der Waals surface area contributed by atoms with Crippen LogP contribution in [0.2, 0.25) is 0 Å². The minimum atomic E-state index is -0.454. The number of carbonyl (C=O) groups excluding carboxylic acids is 2. The Bertz CT molecular complexity index is 1010. The third-order valence-electron chi connectivity index (χ3n) is 5.45. The molecule has 2 aliphatic rings. The molecule has 0 spiro atoms. The van der Waals surface area contributed by atoms with Crippen LogP contribution in [0.15, 0.2) is 59.8 Å². The molecule has 1 heterocycles. The van der Waals surface area contributed by atoms with E-state index in [1.807, 2.05) is 31.2 Å². The fourth-order valence-electron chi connectivity index (χ4n) is 4.13. The van der Waals surface area contributed by atoms with Gasteiger partial charge in [-0.05, 0) is 37.5 Å². The van der Waals surface area contributed by atoms with Crippen LogP contribution in [0.25, 0.3) is 0 Å². The first-order valence-corrected chi connectivity index (χ1v) is 9.36. The quantitative estimate of drug-likeness (QED) is 0.586. The summed E-state index contributed by atoms with van der Waals surface area (Å²) in [6, 6.07) is 13.9. The van der Waals surface area contributed by atoms with Crippen molar-refractivity contribution >= 4 is 23.1 Å². The standard InChI is InChI=1S/C22H20N2O4/c1-14-8-10-16(11-9-14)23-19-6-3-7-20(25)22(19)18(13-21(23)26)15-4-2-5-17(12-15)24(27)28/h2,4-5,8-12,18H,3,6-7,13H2,1H3. The molecule has 0 bridgehead atoms. The number of nitrogens with zero attached hydrogens (tertiary/aromatic N) is 2. The number of Topliss-reactive ketones (excluding diaryl/α,β-unsaturated/α-hetero) is 1. The van der Waals surface area contributed by atoms with Crippen molar-refractivity contribution in [2.75, 3.05) is 4.90 Å². The average Bonchev–Trinajstić information content (AvgIpc) is 2.68. The molecule has 0 aromatic heterocycles. The van der Waals surface area contributed by atoms with Gasteiger partial charge in [-0.25, -0.2) is 0 Å². The molecule has 2 aromatic rings. The molecule has 28 heavy (non-hydrogen) atoms. The van der Waals surface area contributed by atoms with Gasteiger partial charge in [0.2, 0.25) is 5.91 Å². The smallest absolute Gasteiger partial charge is 0.269 e. The van der Waals surface area contributed by atoms with Gasteiger partial charge in [0, 0.05) is 47.8 Å². The van der Waals surface area contributed by atoms with Crippen LogP contribution in [-0.4, -0.2) is 16.6 Å². The van der Waals surface area contributed by atoms with Crippen molar-refractivity contribution in [3.63, 3.8) is 0 Å². The van der Waals surface area contributed by atoms with Crippen LogP contribution in [0.4, 0.5) is 11.4 Å². The summed E-state index contributed by atoms with van der Waals surface area (Å²) in [5.41, 5.74) is 3.84. The van der Waals surface area contributed by atoms with E-state index in [-0.39, 0.29) is 23.8 Å². The van der Waals surface area contributed by atoms with Crippen LogP contribution in [0, 0.1) is 17.0 Å². The van der Waals surface area contributed by atoms with E-state index < -0.39 is 10.8 Å². The lowest BCUT2D eigenvalue weighted by atomic mass is 9.77. The molecule has 6 heteroatoms. The molecular formula is C22H20N2O4. The number of aryl methyl sites for hydroxylation is 1. The highest BCUT2D eigenvalue weighted by Crippen LogP contribution is 2.43. The predicted molar refractivity (Wildman–Crippen MR) is 105 cm³/mol. The molecule has 1 amide bonds. The van der Waals surface area contributed by atoms with Crippen LogP contribution >= 0.6 is 0 Å². The first-order chi connectivity index (χ1) is 13.5. The molecule has 1 aliphatic heterocycles. The van der Waals surface area contributed by atoms with Crippen molar-refractivity contribution in [2.45, 2.75) is 38.5 Å². The van der Waals surface area contributed by atoms with Gasteiger partial charge < -0.3 is 0 Å². The number of ketones is 1.